The van der Waals surface area contributed by atoms with E-state index < -0.39 is 12.0 Å². The third-order valence-corrected chi connectivity index (χ3v) is 2.72. The summed E-state index contributed by atoms with van der Waals surface area (Å²) in [5.74, 6) is -0.647. The number of carboxylic acids is 1. The summed E-state index contributed by atoms with van der Waals surface area (Å²) in [6.45, 7) is 2.54. The van der Waals surface area contributed by atoms with E-state index in [1.807, 2.05) is 25.9 Å². The summed E-state index contributed by atoms with van der Waals surface area (Å²) in [5.41, 5.74) is 0.197. The number of nitrogens with one attached hydrogen (secondary N) is 2. The highest BCUT2D eigenvalue weighted by atomic mass is 16.5. The van der Waals surface area contributed by atoms with Crippen molar-refractivity contribution in [2.45, 2.75) is 13.0 Å². The molecule has 0 spiro atoms. The lowest BCUT2D eigenvalue weighted by Gasteiger charge is -2.19. The summed E-state index contributed by atoms with van der Waals surface area (Å²) in [6.07, 6.45) is 0. The topological polar surface area (TPSA) is 90.9 Å². The minimum absolute atomic E-state index is 0.00575. The molecule has 0 radical (unpaired) electrons. The average Bonchev–Trinajstić information content (AvgIpc) is 2.36. The molecule has 0 saturated heterocycles. The standard InChI is InChI=1S/C14H21N3O4/c1-9(8-17(2)3)15-14(20)16-12-7-10(21-4)5-6-11(12)13(18)19/h5-7,9H,8H2,1-4H3,(H,18,19)(H2,15,16,20). The van der Waals surface area contributed by atoms with Gasteiger partial charge in [0.05, 0.1) is 18.4 Å². The van der Waals surface area contributed by atoms with Crippen LogP contribution in [0.25, 0.3) is 0 Å². The van der Waals surface area contributed by atoms with Crippen molar-refractivity contribution in [3.8, 4) is 5.75 Å². The Hall–Kier alpha value is -2.28. The molecule has 0 saturated carbocycles. The molecule has 1 rings (SSSR count). The van der Waals surface area contributed by atoms with Crippen LogP contribution in [0.5, 0.6) is 5.75 Å². The van der Waals surface area contributed by atoms with Gasteiger partial charge in [0.1, 0.15) is 5.75 Å². The van der Waals surface area contributed by atoms with Crippen LogP contribution in [0.3, 0.4) is 0 Å². The molecule has 0 aliphatic rings. The highest BCUT2D eigenvalue weighted by Gasteiger charge is 2.15. The summed E-state index contributed by atoms with van der Waals surface area (Å²) < 4.78 is 5.03. The Morgan fingerprint density at radius 2 is 2.05 bits per heavy atom. The number of methoxy groups -OCH3 is 1. The average molecular weight is 295 g/mol. The van der Waals surface area contributed by atoms with Crippen molar-refractivity contribution in [1.82, 2.24) is 10.2 Å². The van der Waals surface area contributed by atoms with Gasteiger partial charge in [-0.05, 0) is 33.2 Å². The summed E-state index contributed by atoms with van der Waals surface area (Å²) in [7, 11) is 5.28. The summed E-state index contributed by atoms with van der Waals surface area (Å²) >= 11 is 0. The van der Waals surface area contributed by atoms with Crippen molar-refractivity contribution in [2.75, 3.05) is 33.1 Å². The smallest absolute Gasteiger partial charge is 0.337 e. The number of amides is 2. The molecular weight excluding hydrogens is 274 g/mol. The van der Waals surface area contributed by atoms with Crippen LogP contribution in [0.1, 0.15) is 17.3 Å². The number of hydrogen-bond donors (Lipinski definition) is 3. The molecule has 0 fully saturated rings. The lowest BCUT2D eigenvalue weighted by molar-refractivity contribution is 0.0698. The number of rotatable bonds is 6. The summed E-state index contributed by atoms with van der Waals surface area (Å²) in [5, 5.41) is 14.4. The van der Waals surface area contributed by atoms with Crippen LogP contribution in [0, 0.1) is 0 Å². The second-order valence-electron chi connectivity index (χ2n) is 4.98. The SMILES string of the molecule is COc1ccc(C(=O)O)c(NC(=O)NC(C)CN(C)C)c1. The number of nitrogens with zero attached hydrogens (tertiary/aromatic N) is 1. The number of carboxylic acid groups (broad SMARTS) is 1. The zero-order chi connectivity index (χ0) is 16.0. The summed E-state index contributed by atoms with van der Waals surface area (Å²) in [6, 6.07) is 3.86. The van der Waals surface area contributed by atoms with Crippen LogP contribution < -0.4 is 15.4 Å². The van der Waals surface area contributed by atoms with Crippen molar-refractivity contribution in [3.63, 3.8) is 0 Å². The second kappa shape index (κ2) is 7.49. The fourth-order valence-electron chi connectivity index (χ4n) is 1.92. The van der Waals surface area contributed by atoms with E-state index in [1.165, 1.54) is 25.3 Å². The molecule has 3 N–H and O–H groups in total. The molecule has 0 aromatic heterocycles. The number of aromatic carboxylic acids is 1. The van der Waals surface area contributed by atoms with Gasteiger partial charge in [0.25, 0.3) is 0 Å². The third kappa shape index (κ3) is 5.31. The Morgan fingerprint density at radius 3 is 2.57 bits per heavy atom. The number of hydrogen-bond acceptors (Lipinski definition) is 4. The Bertz CT molecular complexity index is 517. The van der Waals surface area contributed by atoms with E-state index >= 15 is 0 Å². The maximum absolute atomic E-state index is 11.9. The van der Waals surface area contributed by atoms with Gasteiger partial charge < -0.3 is 25.4 Å². The zero-order valence-corrected chi connectivity index (χ0v) is 12.6. The van der Waals surface area contributed by atoms with Crippen LogP contribution in [0.4, 0.5) is 10.5 Å². The van der Waals surface area contributed by atoms with Crippen LogP contribution >= 0.6 is 0 Å². The van der Waals surface area contributed by atoms with E-state index in [-0.39, 0.29) is 17.3 Å². The monoisotopic (exact) mass is 295 g/mol. The van der Waals surface area contributed by atoms with Gasteiger partial charge in [-0.2, -0.15) is 0 Å². The van der Waals surface area contributed by atoms with Crippen LogP contribution in [-0.4, -0.2) is 55.8 Å². The first-order chi connectivity index (χ1) is 9.83. The van der Waals surface area contributed by atoms with E-state index in [9.17, 15) is 9.59 Å². The highest BCUT2D eigenvalue weighted by molar-refractivity contribution is 6.00. The first-order valence-electron chi connectivity index (χ1n) is 6.47. The van der Waals surface area contributed by atoms with E-state index in [4.69, 9.17) is 9.84 Å². The maximum atomic E-state index is 11.9. The van der Waals surface area contributed by atoms with Crippen molar-refractivity contribution < 1.29 is 19.4 Å². The Balaban J connectivity index is 2.81. The van der Waals surface area contributed by atoms with Gasteiger partial charge in [-0.1, -0.05) is 0 Å². The van der Waals surface area contributed by atoms with Gasteiger partial charge in [0.15, 0.2) is 0 Å². The molecule has 1 aromatic carbocycles. The molecule has 1 atom stereocenters. The lowest BCUT2D eigenvalue weighted by Crippen LogP contribution is -2.41. The van der Waals surface area contributed by atoms with Crippen LogP contribution in [0.2, 0.25) is 0 Å². The molecule has 0 heterocycles. The van der Waals surface area contributed by atoms with Gasteiger partial charge in [0.2, 0.25) is 0 Å². The molecule has 0 aliphatic carbocycles. The van der Waals surface area contributed by atoms with Gasteiger partial charge in [0, 0.05) is 18.7 Å². The van der Waals surface area contributed by atoms with E-state index in [1.54, 1.807) is 0 Å². The number of carbonyl (C=O) groups excluding carboxylic acids is 1. The third-order valence-electron chi connectivity index (χ3n) is 2.72. The molecule has 2 amide bonds. The maximum Gasteiger partial charge on any atom is 0.337 e. The van der Waals surface area contributed by atoms with E-state index in [2.05, 4.69) is 10.6 Å². The number of benzene rings is 1. The quantitative estimate of drug-likeness (QED) is 0.739. The van der Waals surface area contributed by atoms with Crippen LogP contribution in [0.15, 0.2) is 18.2 Å². The highest BCUT2D eigenvalue weighted by Crippen LogP contribution is 2.22. The van der Waals surface area contributed by atoms with Gasteiger partial charge in [-0.15, -0.1) is 0 Å². The predicted molar refractivity (Wildman–Crippen MR) is 80.1 cm³/mol. The Kier molecular flexibility index (Phi) is 5.98. The summed E-state index contributed by atoms with van der Waals surface area (Å²) in [4.78, 5) is 25.0. The van der Waals surface area contributed by atoms with Gasteiger partial charge in [-0.3, -0.25) is 0 Å². The van der Waals surface area contributed by atoms with Crippen molar-refractivity contribution in [3.05, 3.63) is 23.8 Å². The molecule has 21 heavy (non-hydrogen) atoms. The van der Waals surface area contributed by atoms with Crippen LogP contribution in [-0.2, 0) is 0 Å². The second-order valence-corrected chi connectivity index (χ2v) is 4.98. The molecule has 116 valence electrons. The largest absolute Gasteiger partial charge is 0.497 e. The normalized spacial score (nSPS) is 11.9. The molecule has 7 nitrogen and oxygen atoms in total. The fourth-order valence-corrected chi connectivity index (χ4v) is 1.92. The zero-order valence-electron chi connectivity index (χ0n) is 12.6. The first-order valence-corrected chi connectivity index (χ1v) is 6.47. The van der Waals surface area contributed by atoms with E-state index in [0.29, 0.717) is 12.3 Å². The lowest BCUT2D eigenvalue weighted by atomic mass is 10.1. The molecule has 1 aromatic rings. The molecule has 1 unspecified atom stereocenters. The number of anilines is 1. The number of likely N-dealkylation sites (N-methyl/N-ethyl adjacent to an activating group) is 1. The Morgan fingerprint density at radius 1 is 1.38 bits per heavy atom. The van der Waals surface area contributed by atoms with Crippen molar-refractivity contribution in [1.29, 1.82) is 0 Å². The molecule has 0 aliphatic heterocycles. The first kappa shape index (κ1) is 16.8. The van der Waals surface area contributed by atoms with Crippen molar-refractivity contribution >= 4 is 17.7 Å². The molecule has 0 bridgehead atoms. The number of carbonyl (C=O) groups is 2. The molecule has 7 heteroatoms. The minimum Gasteiger partial charge on any atom is -0.497 e. The molecular formula is C14H21N3O4. The van der Waals surface area contributed by atoms with Crippen molar-refractivity contribution in [2.24, 2.45) is 0 Å². The predicted octanol–water partition coefficient (Wildman–Crippen LogP) is 1.46. The number of ether oxygens (including phenoxy) is 1. The van der Waals surface area contributed by atoms with Gasteiger partial charge >= 0.3 is 12.0 Å². The Labute approximate surface area is 123 Å². The fraction of sp³-hybridized carbons (Fsp3) is 0.429. The minimum atomic E-state index is -1.12. The van der Waals surface area contributed by atoms with Gasteiger partial charge in [-0.25, -0.2) is 9.59 Å². The number of urea groups is 1. The van der Waals surface area contributed by atoms with E-state index in [0.717, 1.165) is 0 Å².